The van der Waals surface area contributed by atoms with Gasteiger partial charge in [0.15, 0.2) is 0 Å². The largest absolute Gasteiger partial charge is 0.348 e. The maximum absolute atomic E-state index is 11.4. The molecule has 1 aromatic carbocycles. The van der Waals surface area contributed by atoms with E-state index in [4.69, 9.17) is 5.73 Å². The van der Waals surface area contributed by atoms with Gasteiger partial charge in [-0.2, -0.15) is 0 Å². The fourth-order valence-electron chi connectivity index (χ4n) is 1.37. The van der Waals surface area contributed by atoms with Gasteiger partial charge < -0.3 is 11.1 Å². The van der Waals surface area contributed by atoms with Crippen LogP contribution >= 0.6 is 0 Å². The van der Waals surface area contributed by atoms with Crippen LogP contribution in [0.25, 0.3) is 0 Å². The Balaban J connectivity index is 2.69. The first-order valence-corrected chi connectivity index (χ1v) is 5.13. The molecule has 0 aliphatic rings. The highest BCUT2D eigenvalue weighted by Gasteiger charge is 2.12. The van der Waals surface area contributed by atoms with Gasteiger partial charge in [0.2, 0.25) is 5.91 Å². The van der Waals surface area contributed by atoms with Crippen molar-refractivity contribution < 1.29 is 4.79 Å². The lowest BCUT2D eigenvalue weighted by molar-refractivity contribution is -0.122. The Morgan fingerprint density at radius 3 is 2.60 bits per heavy atom. The molecule has 0 radical (unpaired) electrons. The van der Waals surface area contributed by atoms with Crippen molar-refractivity contribution in [2.75, 3.05) is 0 Å². The molecule has 1 unspecified atom stereocenters. The third-order valence-electron chi connectivity index (χ3n) is 2.31. The molecule has 0 saturated carbocycles. The van der Waals surface area contributed by atoms with E-state index >= 15 is 0 Å². The second-order valence-corrected chi connectivity index (χ2v) is 3.93. The lowest BCUT2D eigenvalue weighted by atomic mass is 10.1. The number of nitrogens with one attached hydrogen (secondary N) is 1. The molecule has 0 bridgehead atoms. The molecule has 2 atom stereocenters. The molecule has 1 rings (SSSR count). The molecule has 0 saturated heterocycles. The van der Waals surface area contributed by atoms with Crippen LogP contribution in [-0.2, 0) is 4.79 Å². The van der Waals surface area contributed by atoms with Crippen molar-refractivity contribution in [3.8, 4) is 0 Å². The molecule has 0 spiro atoms. The Morgan fingerprint density at radius 2 is 2.07 bits per heavy atom. The van der Waals surface area contributed by atoms with Gasteiger partial charge in [0.25, 0.3) is 0 Å². The number of benzene rings is 1. The molecule has 1 aromatic rings. The summed E-state index contributed by atoms with van der Waals surface area (Å²) in [4.78, 5) is 11.4. The molecule has 0 fully saturated rings. The van der Waals surface area contributed by atoms with Crippen molar-refractivity contribution >= 4 is 5.91 Å². The summed E-state index contributed by atoms with van der Waals surface area (Å²) in [7, 11) is 0. The van der Waals surface area contributed by atoms with Crippen molar-refractivity contribution in [2.45, 2.75) is 32.9 Å². The fourth-order valence-corrected chi connectivity index (χ4v) is 1.37. The summed E-state index contributed by atoms with van der Waals surface area (Å²) in [5, 5.41) is 2.86. The molecule has 3 N–H and O–H groups in total. The third-order valence-corrected chi connectivity index (χ3v) is 2.31. The standard InChI is InChI=1S/C12H18N2O/c1-8-5-4-6-11(7-8)10(3)14-12(15)9(2)13/h4-7,9-10H,13H2,1-3H3,(H,14,15)/t9?,10-/m1/s1. The van der Waals surface area contributed by atoms with Gasteiger partial charge in [0.05, 0.1) is 12.1 Å². The molecular weight excluding hydrogens is 188 g/mol. The zero-order chi connectivity index (χ0) is 11.4. The summed E-state index contributed by atoms with van der Waals surface area (Å²) in [5.74, 6) is -0.121. The normalized spacial score (nSPS) is 14.4. The number of carbonyl (C=O) groups excluding carboxylic acids is 1. The number of hydrogen-bond donors (Lipinski definition) is 2. The molecule has 1 amide bonds. The predicted octanol–water partition coefficient (Wildman–Crippen LogP) is 1.52. The van der Waals surface area contributed by atoms with E-state index in [0.717, 1.165) is 5.56 Å². The Kier molecular flexibility index (Phi) is 3.86. The van der Waals surface area contributed by atoms with E-state index in [2.05, 4.69) is 11.4 Å². The lowest BCUT2D eigenvalue weighted by Crippen LogP contribution is -2.39. The van der Waals surface area contributed by atoms with Crippen LogP contribution in [0.3, 0.4) is 0 Å². The number of nitrogens with two attached hydrogens (primary N) is 1. The lowest BCUT2D eigenvalue weighted by Gasteiger charge is -2.16. The number of carbonyl (C=O) groups is 1. The number of amides is 1. The van der Waals surface area contributed by atoms with Gasteiger partial charge in [0, 0.05) is 0 Å². The molecular formula is C12H18N2O. The Labute approximate surface area is 90.7 Å². The summed E-state index contributed by atoms with van der Waals surface area (Å²) >= 11 is 0. The first-order valence-electron chi connectivity index (χ1n) is 5.13. The van der Waals surface area contributed by atoms with Crippen molar-refractivity contribution in [3.05, 3.63) is 35.4 Å². The average molecular weight is 206 g/mol. The minimum absolute atomic E-state index is 0.00315. The molecule has 82 valence electrons. The molecule has 3 nitrogen and oxygen atoms in total. The molecule has 15 heavy (non-hydrogen) atoms. The van der Waals surface area contributed by atoms with Gasteiger partial charge in [-0.15, -0.1) is 0 Å². The summed E-state index contributed by atoms with van der Waals surface area (Å²) in [5.41, 5.74) is 7.77. The van der Waals surface area contributed by atoms with Crippen LogP contribution in [0.5, 0.6) is 0 Å². The molecule has 0 aliphatic heterocycles. The van der Waals surface area contributed by atoms with E-state index in [9.17, 15) is 4.79 Å². The van der Waals surface area contributed by atoms with Gasteiger partial charge in [-0.3, -0.25) is 4.79 Å². The highest BCUT2D eigenvalue weighted by atomic mass is 16.2. The first kappa shape index (κ1) is 11.7. The number of aryl methyl sites for hydroxylation is 1. The Hall–Kier alpha value is -1.35. The first-order chi connectivity index (χ1) is 7.00. The van der Waals surface area contributed by atoms with Gasteiger partial charge >= 0.3 is 0 Å². The van der Waals surface area contributed by atoms with E-state index in [-0.39, 0.29) is 11.9 Å². The Morgan fingerprint density at radius 1 is 1.40 bits per heavy atom. The van der Waals surface area contributed by atoms with Gasteiger partial charge in [-0.1, -0.05) is 29.8 Å². The average Bonchev–Trinajstić information content (AvgIpc) is 2.17. The minimum atomic E-state index is -0.461. The van der Waals surface area contributed by atoms with E-state index in [1.807, 2.05) is 32.0 Å². The summed E-state index contributed by atoms with van der Waals surface area (Å²) in [6.07, 6.45) is 0. The fraction of sp³-hybridized carbons (Fsp3) is 0.417. The van der Waals surface area contributed by atoms with Crippen LogP contribution in [0.2, 0.25) is 0 Å². The predicted molar refractivity (Wildman–Crippen MR) is 61.4 cm³/mol. The highest BCUT2D eigenvalue weighted by Crippen LogP contribution is 2.13. The van der Waals surface area contributed by atoms with Crippen molar-refractivity contribution in [2.24, 2.45) is 5.73 Å². The summed E-state index contributed by atoms with van der Waals surface area (Å²) in [6, 6.07) is 7.62. The van der Waals surface area contributed by atoms with Crippen LogP contribution < -0.4 is 11.1 Å². The van der Waals surface area contributed by atoms with Gasteiger partial charge in [-0.05, 0) is 26.3 Å². The van der Waals surface area contributed by atoms with E-state index < -0.39 is 6.04 Å². The molecule has 0 heterocycles. The Bertz CT molecular complexity index is 347. The zero-order valence-electron chi connectivity index (χ0n) is 9.45. The highest BCUT2D eigenvalue weighted by molar-refractivity contribution is 5.81. The van der Waals surface area contributed by atoms with Crippen LogP contribution in [0.15, 0.2) is 24.3 Å². The van der Waals surface area contributed by atoms with E-state index in [1.165, 1.54) is 5.56 Å². The van der Waals surface area contributed by atoms with Crippen LogP contribution in [0.4, 0.5) is 0 Å². The second kappa shape index (κ2) is 4.94. The maximum atomic E-state index is 11.4. The molecule has 0 aromatic heterocycles. The monoisotopic (exact) mass is 206 g/mol. The van der Waals surface area contributed by atoms with Crippen LogP contribution in [0.1, 0.15) is 31.0 Å². The maximum Gasteiger partial charge on any atom is 0.237 e. The SMILES string of the molecule is Cc1cccc([C@@H](C)NC(=O)C(C)N)c1. The summed E-state index contributed by atoms with van der Waals surface area (Å²) in [6.45, 7) is 5.66. The van der Waals surface area contributed by atoms with Gasteiger partial charge in [-0.25, -0.2) is 0 Å². The van der Waals surface area contributed by atoms with Crippen molar-refractivity contribution in [1.82, 2.24) is 5.32 Å². The van der Waals surface area contributed by atoms with Crippen molar-refractivity contribution in [3.63, 3.8) is 0 Å². The molecule has 3 heteroatoms. The smallest absolute Gasteiger partial charge is 0.237 e. The third kappa shape index (κ3) is 3.36. The van der Waals surface area contributed by atoms with Crippen molar-refractivity contribution in [1.29, 1.82) is 0 Å². The molecule has 0 aliphatic carbocycles. The number of hydrogen-bond acceptors (Lipinski definition) is 2. The number of rotatable bonds is 3. The zero-order valence-corrected chi connectivity index (χ0v) is 9.45. The second-order valence-electron chi connectivity index (χ2n) is 3.93. The van der Waals surface area contributed by atoms with E-state index in [1.54, 1.807) is 6.92 Å². The van der Waals surface area contributed by atoms with Crippen LogP contribution in [0, 0.1) is 6.92 Å². The summed E-state index contributed by atoms with van der Waals surface area (Å²) < 4.78 is 0. The van der Waals surface area contributed by atoms with E-state index in [0.29, 0.717) is 0 Å². The van der Waals surface area contributed by atoms with Crippen LogP contribution in [-0.4, -0.2) is 11.9 Å². The minimum Gasteiger partial charge on any atom is -0.348 e. The quantitative estimate of drug-likeness (QED) is 0.787. The topological polar surface area (TPSA) is 55.1 Å². The van der Waals surface area contributed by atoms with Gasteiger partial charge in [0.1, 0.15) is 0 Å².